The highest BCUT2D eigenvalue weighted by Crippen LogP contribution is 2.14. The monoisotopic (exact) mass is 237 g/mol. The maximum absolute atomic E-state index is 11.1. The van der Waals surface area contributed by atoms with Gasteiger partial charge in [0.1, 0.15) is 4.88 Å². The lowest BCUT2D eigenvalue weighted by atomic mass is 10.3. The Balaban J connectivity index is 2.58. The van der Waals surface area contributed by atoms with Crippen molar-refractivity contribution in [2.24, 2.45) is 0 Å². The summed E-state index contributed by atoms with van der Waals surface area (Å²) in [5, 5.41) is 4.33. The number of carbonyl (C=O) groups excluding carboxylic acids is 2. The molecule has 1 N–H and O–H groups in total. The summed E-state index contributed by atoms with van der Waals surface area (Å²) in [5.41, 5.74) is 0.746. The van der Waals surface area contributed by atoms with E-state index in [-0.39, 0.29) is 11.9 Å². The number of esters is 1. The number of methoxy groups -OCH3 is 1. The molecule has 1 amide bonds. The molecular weight excluding hydrogens is 226 g/mol. The van der Waals surface area contributed by atoms with Crippen molar-refractivity contribution in [2.45, 2.75) is 6.92 Å². The first-order valence-corrected chi connectivity index (χ1v) is 5.41. The number of rotatable bonds is 2. The average molecular weight is 237 g/mol. The SMILES string of the molecule is COC(=O)c1cc(C#CCNC(C)=O)cs1. The molecule has 0 aliphatic rings. The molecule has 0 saturated carbocycles. The van der Waals surface area contributed by atoms with Crippen LogP contribution in [-0.4, -0.2) is 25.5 Å². The fourth-order valence-electron chi connectivity index (χ4n) is 0.924. The second-order valence-electron chi connectivity index (χ2n) is 2.90. The second-order valence-corrected chi connectivity index (χ2v) is 3.81. The zero-order chi connectivity index (χ0) is 12.0. The van der Waals surface area contributed by atoms with E-state index in [0.717, 1.165) is 5.56 Å². The van der Waals surface area contributed by atoms with Crippen molar-refractivity contribution in [1.29, 1.82) is 0 Å². The van der Waals surface area contributed by atoms with Crippen LogP contribution >= 0.6 is 11.3 Å². The van der Waals surface area contributed by atoms with Gasteiger partial charge in [-0.15, -0.1) is 11.3 Å². The Morgan fingerprint density at radius 1 is 1.56 bits per heavy atom. The van der Waals surface area contributed by atoms with E-state index in [4.69, 9.17) is 0 Å². The van der Waals surface area contributed by atoms with Crippen molar-refractivity contribution in [2.75, 3.05) is 13.7 Å². The van der Waals surface area contributed by atoms with E-state index in [9.17, 15) is 9.59 Å². The fraction of sp³-hybridized carbons (Fsp3) is 0.273. The van der Waals surface area contributed by atoms with Crippen molar-refractivity contribution < 1.29 is 14.3 Å². The Morgan fingerprint density at radius 2 is 2.31 bits per heavy atom. The maximum Gasteiger partial charge on any atom is 0.348 e. The lowest BCUT2D eigenvalue weighted by Crippen LogP contribution is -2.19. The summed E-state index contributed by atoms with van der Waals surface area (Å²) in [6, 6.07) is 1.66. The molecule has 16 heavy (non-hydrogen) atoms. The molecular formula is C11H11NO3S. The predicted molar refractivity (Wildman–Crippen MR) is 61.2 cm³/mol. The standard InChI is InChI=1S/C11H11NO3S/c1-8(13)12-5-3-4-9-6-10(16-7-9)11(14)15-2/h6-7H,5H2,1-2H3,(H,12,13). The molecule has 1 aromatic rings. The van der Waals surface area contributed by atoms with Crippen LogP contribution in [0, 0.1) is 11.8 Å². The Bertz CT molecular complexity index is 453. The van der Waals surface area contributed by atoms with Gasteiger partial charge in [0.05, 0.1) is 13.7 Å². The van der Waals surface area contributed by atoms with Gasteiger partial charge in [-0.1, -0.05) is 11.8 Å². The van der Waals surface area contributed by atoms with E-state index in [1.165, 1.54) is 25.4 Å². The van der Waals surface area contributed by atoms with Crippen LogP contribution in [0.15, 0.2) is 11.4 Å². The summed E-state index contributed by atoms with van der Waals surface area (Å²) in [7, 11) is 1.34. The van der Waals surface area contributed by atoms with E-state index in [1.54, 1.807) is 11.4 Å². The molecule has 0 aliphatic heterocycles. The molecule has 0 aliphatic carbocycles. The van der Waals surface area contributed by atoms with E-state index >= 15 is 0 Å². The van der Waals surface area contributed by atoms with Gasteiger partial charge in [0.15, 0.2) is 0 Å². The van der Waals surface area contributed by atoms with Crippen molar-refractivity contribution in [1.82, 2.24) is 5.32 Å². The van der Waals surface area contributed by atoms with E-state index in [1.807, 2.05) is 0 Å². The summed E-state index contributed by atoms with van der Waals surface area (Å²) in [6.45, 7) is 1.74. The van der Waals surface area contributed by atoms with Gasteiger partial charge >= 0.3 is 5.97 Å². The van der Waals surface area contributed by atoms with Crippen LogP contribution in [-0.2, 0) is 9.53 Å². The first kappa shape index (κ1) is 12.3. The molecule has 0 aromatic carbocycles. The van der Waals surface area contributed by atoms with Gasteiger partial charge in [0, 0.05) is 17.9 Å². The molecule has 0 unspecified atom stereocenters. The van der Waals surface area contributed by atoms with E-state index in [2.05, 4.69) is 21.9 Å². The number of nitrogens with one attached hydrogen (secondary N) is 1. The molecule has 0 fully saturated rings. The van der Waals surface area contributed by atoms with Gasteiger partial charge < -0.3 is 10.1 Å². The van der Waals surface area contributed by atoms with E-state index in [0.29, 0.717) is 11.4 Å². The molecule has 1 rings (SSSR count). The van der Waals surface area contributed by atoms with Gasteiger partial charge in [0.25, 0.3) is 0 Å². The molecule has 0 spiro atoms. The summed E-state index contributed by atoms with van der Waals surface area (Å²) in [6.07, 6.45) is 0. The molecule has 1 aromatic heterocycles. The van der Waals surface area contributed by atoms with Crippen molar-refractivity contribution in [3.8, 4) is 11.8 Å². The normalized spacial score (nSPS) is 8.88. The molecule has 5 heteroatoms. The van der Waals surface area contributed by atoms with Crippen molar-refractivity contribution in [3.63, 3.8) is 0 Å². The predicted octanol–water partition coefficient (Wildman–Crippen LogP) is 1.02. The summed E-state index contributed by atoms with van der Waals surface area (Å²) < 4.78 is 4.57. The lowest BCUT2D eigenvalue weighted by molar-refractivity contribution is -0.118. The molecule has 0 radical (unpaired) electrons. The summed E-state index contributed by atoms with van der Waals surface area (Å²) in [4.78, 5) is 22.2. The van der Waals surface area contributed by atoms with Crippen LogP contribution in [0.5, 0.6) is 0 Å². The minimum atomic E-state index is -0.361. The minimum Gasteiger partial charge on any atom is -0.465 e. The van der Waals surface area contributed by atoms with Crippen LogP contribution in [0.4, 0.5) is 0 Å². The van der Waals surface area contributed by atoms with Crippen molar-refractivity contribution in [3.05, 3.63) is 21.9 Å². The number of ether oxygens (including phenoxy) is 1. The molecule has 4 nitrogen and oxygen atoms in total. The topological polar surface area (TPSA) is 55.4 Å². The summed E-state index contributed by atoms with van der Waals surface area (Å²) >= 11 is 1.28. The molecule has 0 atom stereocenters. The van der Waals surface area contributed by atoms with Crippen molar-refractivity contribution >= 4 is 23.2 Å². The zero-order valence-electron chi connectivity index (χ0n) is 8.99. The number of thiophene rings is 1. The maximum atomic E-state index is 11.1. The van der Waals surface area contributed by atoms with Crippen LogP contribution in [0.3, 0.4) is 0 Å². The second kappa shape index (κ2) is 5.93. The Kier molecular flexibility index (Phi) is 4.55. The molecule has 0 saturated heterocycles. The van der Waals surface area contributed by atoms with Crippen LogP contribution < -0.4 is 5.32 Å². The number of hydrogen-bond acceptors (Lipinski definition) is 4. The third-order valence-electron chi connectivity index (χ3n) is 1.64. The fourth-order valence-corrected chi connectivity index (χ4v) is 1.68. The first-order valence-electron chi connectivity index (χ1n) is 4.53. The highest BCUT2D eigenvalue weighted by molar-refractivity contribution is 7.12. The van der Waals surface area contributed by atoms with Crippen LogP contribution in [0.25, 0.3) is 0 Å². The Hall–Kier alpha value is -1.80. The summed E-state index contributed by atoms with van der Waals surface area (Å²) in [5.74, 6) is 5.14. The molecule has 1 heterocycles. The van der Waals surface area contributed by atoms with E-state index < -0.39 is 0 Å². The highest BCUT2D eigenvalue weighted by atomic mass is 32.1. The number of amides is 1. The van der Waals surface area contributed by atoms with Gasteiger partial charge in [-0.3, -0.25) is 4.79 Å². The Labute approximate surface area is 97.6 Å². The third kappa shape index (κ3) is 3.75. The quantitative estimate of drug-likeness (QED) is 0.617. The van der Waals surface area contributed by atoms with Gasteiger partial charge in [-0.25, -0.2) is 4.79 Å². The molecule has 0 bridgehead atoms. The number of carbonyl (C=O) groups is 2. The highest BCUT2D eigenvalue weighted by Gasteiger charge is 2.07. The lowest BCUT2D eigenvalue weighted by Gasteiger charge is -1.91. The smallest absolute Gasteiger partial charge is 0.348 e. The van der Waals surface area contributed by atoms with Crippen LogP contribution in [0.2, 0.25) is 0 Å². The minimum absolute atomic E-state index is 0.116. The zero-order valence-corrected chi connectivity index (χ0v) is 9.81. The third-order valence-corrected chi connectivity index (χ3v) is 2.55. The van der Waals surface area contributed by atoms with Gasteiger partial charge in [-0.05, 0) is 6.07 Å². The van der Waals surface area contributed by atoms with Crippen LogP contribution in [0.1, 0.15) is 22.2 Å². The average Bonchev–Trinajstić information content (AvgIpc) is 2.71. The number of hydrogen-bond donors (Lipinski definition) is 1. The van der Waals surface area contributed by atoms with Gasteiger partial charge in [0.2, 0.25) is 5.91 Å². The first-order chi connectivity index (χ1) is 7.63. The Morgan fingerprint density at radius 3 is 2.94 bits per heavy atom. The largest absolute Gasteiger partial charge is 0.465 e. The van der Waals surface area contributed by atoms with Gasteiger partial charge in [-0.2, -0.15) is 0 Å². The molecule has 84 valence electrons.